The van der Waals surface area contributed by atoms with Crippen molar-refractivity contribution in [2.24, 2.45) is 0 Å². The number of hydrogen-bond donors (Lipinski definition) is 0. The van der Waals surface area contributed by atoms with Crippen LogP contribution in [0.2, 0.25) is 0 Å². The number of nitrogens with zero attached hydrogens (tertiary/aromatic N) is 4. The standard InChI is InChI=1S/C20H22N4O3/c1-13-19(14(2)26-22-13)16-9-6-12-24(16)18(25)11-10-17-21-20(23-27-17)15-7-4-3-5-8-15/h3-5,7-8,16H,6,9-12H2,1-2H3/t16-/m0/s1. The second-order valence-electron chi connectivity index (χ2n) is 6.86. The molecule has 0 radical (unpaired) electrons. The van der Waals surface area contributed by atoms with E-state index in [-0.39, 0.29) is 11.9 Å². The van der Waals surface area contributed by atoms with Crippen LogP contribution >= 0.6 is 0 Å². The molecule has 1 fully saturated rings. The predicted octanol–water partition coefficient (Wildman–Crippen LogP) is 3.64. The molecule has 0 bridgehead atoms. The quantitative estimate of drug-likeness (QED) is 0.685. The van der Waals surface area contributed by atoms with Gasteiger partial charge in [0.25, 0.3) is 0 Å². The van der Waals surface area contributed by atoms with Gasteiger partial charge >= 0.3 is 0 Å². The third-order valence-corrected chi connectivity index (χ3v) is 5.05. The molecule has 1 aliphatic heterocycles. The molecule has 3 heterocycles. The summed E-state index contributed by atoms with van der Waals surface area (Å²) < 4.78 is 10.6. The maximum atomic E-state index is 12.8. The van der Waals surface area contributed by atoms with Crippen molar-refractivity contribution >= 4 is 5.91 Å². The van der Waals surface area contributed by atoms with Crippen molar-refractivity contribution in [3.05, 3.63) is 53.2 Å². The summed E-state index contributed by atoms with van der Waals surface area (Å²) in [5.74, 6) is 1.92. The number of aromatic nitrogens is 3. The Bertz CT molecular complexity index is 912. The smallest absolute Gasteiger partial charge is 0.227 e. The topological polar surface area (TPSA) is 85.3 Å². The van der Waals surface area contributed by atoms with Gasteiger partial charge in [-0.2, -0.15) is 4.98 Å². The lowest BCUT2D eigenvalue weighted by Crippen LogP contribution is -2.31. The van der Waals surface area contributed by atoms with Gasteiger partial charge in [-0.05, 0) is 26.7 Å². The molecule has 0 spiro atoms. The summed E-state index contributed by atoms with van der Waals surface area (Å²) >= 11 is 0. The summed E-state index contributed by atoms with van der Waals surface area (Å²) in [6.07, 6.45) is 2.70. The Hall–Kier alpha value is -2.96. The average molecular weight is 366 g/mol. The van der Waals surface area contributed by atoms with E-state index in [1.807, 2.05) is 49.1 Å². The molecule has 1 saturated heterocycles. The Morgan fingerprint density at radius 1 is 1.19 bits per heavy atom. The van der Waals surface area contributed by atoms with E-state index in [0.717, 1.165) is 42.0 Å². The van der Waals surface area contributed by atoms with Crippen LogP contribution in [0.1, 0.15) is 48.2 Å². The molecule has 0 unspecified atom stereocenters. The zero-order valence-corrected chi connectivity index (χ0v) is 15.5. The number of aryl methyl sites for hydroxylation is 3. The monoisotopic (exact) mass is 366 g/mol. The minimum atomic E-state index is 0.0475. The van der Waals surface area contributed by atoms with E-state index < -0.39 is 0 Å². The van der Waals surface area contributed by atoms with Crippen LogP contribution in [0.4, 0.5) is 0 Å². The minimum absolute atomic E-state index is 0.0475. The molecule has 27 heavy (non-hydrogen) atoms. The lowest BCUT2D eigenvalue weighted by atomic mass is 10.0. The van der Waals surface area contributed by atoms with Crippen molar-refractivity contribution in [1.82, 2.24) is 20.2 Å². The van der Waals surface area contributed by atoms with Crippen LogP contribution in [-0.4, -0.2) is 32.6 Å². The Morgan fingerprint density at radius 3 is 2.74 bits per heavy atom. The maximum Gasteiger partial charge on any atom is 0.227 e. The van der Waals surface area contributed by atoms with E-state index >= 15 is 0 Å². The maximum absolute atomic E-state index is 12.8. The molecule has 0 N–H and O–H groups in total. The summed E-state index contributed by atoms with van der Waals surface area (Å²) in [5.41, 5.74) is 2.81. The van der Waals surface area contributed by atoms with Gasteiger partial charge in [0.2, 0.25) is 17.6 Å². The highest BCUT2D eigenvalue weighted by atomic mass is 16.5. The van der Waals surface area contributed by atoms with Crippen molar-refractivity contribution in [1.29, 1.82) is 0 Å². The number of carbonyl (C=O) groups is 1. The predicted molar refractivity (Wildman–Crippen MR) is 97.7 cm³/mol. The Morgan fingerprint density at radius 2 is 2.00 bits per heavy atom. The van der Waals surface area contributed by atoms with Gasteiger partial charge in [0.15, 0.2) is 0 Å². The molecular weight excluding hydrogens is 344 g/mol. The van der Waals surface area contributed by atoms with Gasteiger partial charge in [-0.3, -0.25) is 4.79 Å². The van der Waals surface area contributed by atoms with E-state index in [0.29, 0.717) is 24.6 Å². The molecule has 7 heteroatoms. The van der Waals surface area contributed by atoms with Gasteiger partial charge in [-0.1, -0.05) is 40.6 Å². The van der Waals surface area contributed by atoms with Crippen molar-refractivity contribution in [3.8, 4) is 11.4 Å². The van der Waals surface area contributed by atoms with E-state index in [1.54, 1.807) is 0 Å². The number of benzene rings is 1. The Labute approximate surface area is 157 Å². The van der Waals surface area contributed by atoms with Crippen LogP contribution in [0.3, 0.4) is 0 Å². The van der Waals surface area contributed by atoms with Crippen LogP contribution in [0.25, 0.3) is 11.4 Å². The van der Waals surface area contributed by atoms with Crippen molar-refractivity contribution in [3.63, 3.8) is 0 Å². The zero-order chi connectivity index (χ0) is 18.8. The van der Waals surface area contributed by atoms with Crippen molar-refractivity contribution in [2.45, 2.75) is 45.6 Å². The molecule has 1 aliphatic rings. The normalized spacial score (nSPS) is 16.8. The first kappa shape index (κ1) is 17.5. The highest BCUT2D eigenvalue weighted by Crippen LogP contribution is 2.36. The Kier molecular flexibility index (Phi) is 4.75. The molecule has 3 aromatic rings. The molecule has 1 atom stereocenters. The van der Waals surface area contributed by atoms with E-state index in [1.165, 1.54) is 0 Å². The highest BCUT2D eigenvalue weighted by Gasteiger charge is 2.33. The second kappa shape index (κ2) is 7.34. The number of amides is 1. The summed E-state index contributed by atoms with van der Waals surface area (Å²) in [5, 5.41) is 8.04. The summed E-state index contributed by atoms with van der Waals surface area (Å²) in [6, 6.07) is 9.70. The number of hydrogen-bond acceptors (Lipinski definition) is 6. The summed E-state index contributed by atoms with van der Waals surface area (Å²) in [7, 11) is 0. The SMILES string of the molecule is Cc1noc(C)c1[C@@H]1CCCN1C(=O)CCc1nc(-c2ccccc2)no1. The number of likely N-dealkylation sites (tertiary alicyclic amines) is 1. The van der Waals surface area contributed by atoms with Gasteiger partial charge in [0.1, 0.15) is 5.76 Å². The van der Waals surface area contributed by atoms with Gasteiger partial charge in [-0.15, -0.1) is 0 Å². The largest absolute Gasteiger partial charge is 0.361 e. The fourth-order valence-corrected chi connectivity index (χ4v) is 3.75. The first-order valence-electron chi connectivity index (χ1n) is 9.23. The van der Waals surface area contributed by atoms with Crippen LogP contribution in [0.15, 0.2) is 39.4 Å². The van der Waals surface area contributed by atoms with E-state index in [4.69, 9.17) is 9.05 Å². The first-order valence-corrected chi connectivity index (χ1v) is 9.23. The lowest BCUT2D eigenvalue weighted by Gasteiger charge is -2.24. The Balaban J connectivity index is 1.41. The molecule has 2 aromatic heterocycles. The molecule has 1 aromatic carbocycles. The molecular formula is C20H22N4O3. The van der Waals surface area contributed by atoms with Gasteiger partial charge in [0, 0.05) is 30.5 Å². The highest BCUT2D eigenvalue weighted by molar-refractivity contribution is 5.77. The molecule has 0 saturated carbocycles. The van der Waals surface area contributed by atoms with Crippen molar-refractivity contribution in [2.75, 3.05) is 6.54 Å². The van der Waals surface area contributed by atoms with Gasteiger partial charge < -0.3 is 13.9 Å². The minimum Gasteiger partial charge on any atom is -0.361 e. The average Bonchev–Trinajstić information content (AvgIpc) is 3.41. The number of carbonyl (C=O) groups excluding carboxylic acids is 1. The van der Waals surface area contributed by atoms with Gasteiger partial charge in [0.05, 0.1) is 11.7 Å². The first-order chi connectivity index (χ1) is 13.1. The van der Waals surface area contributed by atoms with E-state index in [9.17, 15) is 4.79 Å². The van der Waals surface area contributed by atoms with Crippen molar-refractivity contribution < 1.29 is 13.8 Å². The number of rotatable bonds is 5. The van der Waals surface area contributed by atoms with E-state index in [2.05, 4.69) is 15.3 Å². The van der Waals surface area contributed by atoms with Crippen LogP contribution in [0.5, 0.6) is 0 Å². The molecule has 140 valence electrons. The fraction of sp³-hybridized carbons (Fsp3) is 0.400. The molecule has 1 amide bonds. The lowest BCUT2D eigenvalue weighted by molar-refractivity contribution is -0.132. The molecule has 7 nitrogen and oxygen atoms in total. The van der Waals surface area contributed by atoms with Crippen LogP contribution < -0.4 is 0 Å². The second-order valence-corrected chi connectivity index (χ2v) is 6.86. The van der Waals surface area contributed by atoms with Crippen LogP contribution in [-0.2, 0) is 11.2 Å². The molecule has 4 rings (SSSR count). The third-order valence-electron chi connectivity index (χ3n) is 5.05. The van der Waals surface area contributed by atoms with Gasteiger partial charge in [-0.25, -0.2) is 0 Å². The summed E-state index contributed by atoms with van der Waals surface area (Å²) in [6.45, 7) is 4.59. The fourth-order valence-electron chi connectivity index (χ4n) is 3.75. The third kappa shape index (κ3) is 3.49. The molecule has 0 aliphatic carbocycles. The zero-order valence-electron chi connectivity index (χ0n) is 15.5. The van der Waals surface area contributed by atoms with Crippen LogP contribution in [0, 0.1) is 13.8 Å². The summed E-state index contributed by atoms with van der Waals surface area (Å²) in [4.78, 5) is 19.1.